The number of hydrogen-bond donors (Lipinski definition) is 2. The second-order valence-corrected chi connectivity index (χ2v) is 9.44. The van der Waals surface area contributed by atoms with E-state index in [4.69, 9.17) is 11.6 Å². The Morgan fingerprint density at radius 2 is 1.96 bits per heavy atom. The minimum atomic E-state index is -3.36. The first-order valence-corrected chi connectivity index (χ1v) is 10.2. The van der Waals surface area contributed by atoms with Gasteiger partial charge in [-0.05, 0) is 43.5 Å². The van der Waals surface area contributed by atoms with E-state index in [9.17, 15) is 8.42 Å². The third-order valence-electron chi connectivity index (χ3n) is 5.40. The summed E-state index contributed by atoms with van der Waals surface area (Å²) in [6, 6.07) is 6.80. The van der Waals surface area contributed by atoms with Gasteiger partial charge in [-0.1, -0.05) is 18.5 Å². The van der Waals surface area contributed by atoms with Gasteiger partial charge >= 0.3 is 0 Å². The molecule has 0 spiro atoms. The monoisotopic (exact) mass is 365 g/mol. The molecule has 0 saturated carbocycles. The Morgan fingerprint density at radius 1 is 1.21 bits per heavy atom. The fraction of sp³-hybridized carbons (Fsp3) is 0.471. The van der Waals surface area contributed by atoms with Crippen molar-refractivity contribution in [2.24, 2.45) is 0 Å². The lowest BCUT2D eigenvalue weighted by Crippen LogP contribution is -2.41. The van der Waals surface area contributed by atoms with Crippen molar-refractivity contribution in [3.05, 3.63) is 46.7 Å². The summed E-state index contributed by atoms with van der Waals surface area (Å²) in [5, 5.41) is 11.1. The van der Waals surface area contributed by atoms with Gasteiger partial charge in [0.1, 0.15) is 0 Å². The van der Waals surface area contributed by atoms with Crippen LogP contribution in [0.2, 0.25) is 5.02 Å². The number of halogens is 1. The SMILES string of the molecule is CC1c2n[nH]cc2C2CCC(S(=O)(=O)c3ccc(Cl)cc3)CC1N2. The highest BCUT2D eigenvalue weighted by atomic mass is 35.5. The number of nitrogens with one attached hydrogen (secondary N) is 2. The van der Waals surface area contributed by atoms with E-state index in [0.717, 1.165) is 12.1 Å². The molecule has 3 heterocycles. The van der Waals surface area contributed by atoms with E-state index >= 15 is 0 Å². The molecule has 7 heteroatoms. The predicted molar refractivity (Wildman–Crippen MR) is 92.9 cm³/mol. The highest BCUT2D eigenvalue weighted by molar-refractivity contribution is 7.92. The summed E-state index contributed by atoms with van der Waals surface area (Å²) in [5.74, 6) is 0.198. The fourth-order valence-corrected chi connectivity index (χ4v) is 5.93. The predicted octanol–water partition coefficient (Wildman–Crippen LogP) is 3.21. The molecule has 0 amide bonds. The number of aromatic nitrogens is 2. The third kappa shape index (κ3) is 2.57. The van der Waals surface area contributed by atoms with Crippen LogP contribution in [-0.2, 0) is 9.84 Å². The lowest BCUT2D eigenvalue weighted by atomic mass is 9.87. The Hall–Kier alpha value is -1.37. The zero-order valence-electron chi connectivity index (χ0n) is 13.4. The summed E-state index contributed by atoms with van der Waals surface area (Å²) < 4.78 is 26.1. The second kappa shape index (κ2) is 5.86. The molecule has 2 N–H and O–H groups in total. The molecular formula is C17H20ClN3O2S. The van der Waals surface area contributed by atoms with E-state index in [1.807, 2.05) is 6.20 Å². The molecule has 1 fully saturated rings. The van der Waals surface area contributed by atoms with Crippen molar-refractivity contribution < 1.29 is 8.42 Å². The summed E-state index contributed by atoms with van der Waals surface area (Å²) in [6.07, 6.45) is 3.99. The number of benzene rings is 1. The van der Waals surface area contributed by atoms with Crippen LogP contribution in [-0.4, -0.2) is 29.9 Å². The zero-order chi connectivity index (χ0) is 16.9. The number of hydrogen-bond acceptors (Lipinski definition) is 4. The second-order valence-electron chi connectivity index (χ2n) is 6.77. The van der Waals surface area contributed by atoms with Gasteiger partial charge in [0, 0.05) is 34.8 Å². The molecule has 0 radical (unpaired) electrons. The normalized spacial score (nSPS) is 29.8. The molecule has 1 aromatic heterocycles. The highest BCUT2D eigenvalue weighted by Gasteiger charge is 2.41. The van der Waals surface area contributed by atoms with Crippen molar-refractivity contribution in [1.29, 1.82) is 0 Å². The van der Waals surface area contributed by atoms with Crippen LogP contribution >= 0.6 is 11.6 Å². The fourth-order valence-electron chi connectivity index (χ4n) is 4.00. The van der Waals surface area contributed by atoms with Gasteiger partial charge < -0.3 is 5.32 Å². The van der Waals surface area contributed by atoms with E-state index in [1.165, 1.54) is 5.56 Å². The van der Waals surface area contributed by atoms with Gasteiger partial charge in [0.15, 0.2) is 9.84 Å². The molecule has 2 aliphatic rings. The van der Waals surface area contributed by atoms with Gasteiger partial charge in [-0.2, -0.15) is 5.10 Å². The van der Waals surface area contributed by atoms with Crippen LogP contribution in [0.25, 0.3) is 0 Å². The van der Waals surface area contributed by atoms with E-state index in [2.05, 4.69) is 22.4 Å². The first-order valence-electron chi connectivity index (χ1n) is 8.26. The van der Waals surface area contributed by atoms with Crippen LogP contribution in [0.15, 0.2) is 35.4 Å². The van der Waals surface area contributed by atoms with Gasteiger partial charge in [0.05, 0.1) is 15.8 Å². The Kier molecular flexibility index (Phi) is 3.94. The van der Waals surface area contributed by atoms with E-state index in [0.29, 0.717) is 22.8 Å². The average Bonchev–Trinajstić information content (AvgIpc) is 2.96. The number of H-pyrrole nitrogens is 1. The van der Waals surface area contributed by atoms with E-state index < -0.39 is 9.84 Å². The first-order chi connectivity index (χ1) is 11.5. The summed E-state index contributed by atoms with van der Waals surface area (Å²) in [5.41, 5.74) is 2.26. The Labute approximate surface area is 146 Å². The average molecular weight is 366 g/mol. The molecule has 2 bridgehead atoms. The van der Waals surface area contributed by atoms with E-state index in [-0.39, 0.29) is 23.3 Å². The molecule has 24 heavy (non-hydrogen) atoms. The van der Waals surface area contributed by atoms with Crippen molar-refractivity contribution in [2.75, 3.05) is 0 Å². The van der Waals surface area contributed by atoms with Crippen LogP contribution < -0.4 is 5.32 Å². The summed E-state index contributed by atoms with van der Waals surface area (Å²) in [7, 11) is -3.36. The maximum absolute atomic E-state index is 13.1. The smallest absolute Gasteiger partial charge is 0.181 e. The van der Waals surface area contributed by atoms with Gasteiger partial charge in [-0.25, -0.2) is 8.42 Å². The number of nitrogens with zero attached hydrogens (tertiary/aromatic N) is 1. The molecule has 1 saturated heterocycles. The minimum Gasteiger partial charge on any atom is -0.306 e. The van der Waals surface area contributed by atoms with Crippen LogP contribution in [0, 0.1) is 0 Å². The van der Waals surface area contributed by atoms with Gasteiger partial charge in [-0.3, -0.25) is 5.10 Å². The van der Waals surface area contributed by atoms with Crippen LogP contribution in [0.1, 0.15) is 49.4 Å². The molecule has 4 unspecified atom stereocenters. The van der Waals surface area contributed by atoms with Gasteiger partial charge in [0.25, 0.3) is 0 Å². The molecule has 5 nitrogen and oxygen atoms in total. The molecular weight excluding hydrogens is 346 g/mol. The molecule has 1 aromatic carbocycles. The maximum atomic E-state index is 13.1. The Morgan fingerprint density at radius 3 is 2.71 bits per heavy atom. The molecule has 2 aliphatic heterocycles. The maximum Gasteiger partial charge on any atom is 0.181 e. The summed E-state index contributed by atoms with van der Waals surface area (Å²) in [4.78, 5) is 0.361. The van der Waals surface area contributed by atoms with E-state index in [1.54, 1.807) is 24.3 Å². The largest absolute Gasteiger partial charge is 0.306 e. The van der Waals surface area contributed by atoms with Gasteiger partial charge in [0.2, 0.25) is 0 Å². The molecule has 0 aliphatic carbocycles. The molecule has 128 valence electrons. The van der Waals surface area contributed by atoms with Crippen molar-refractivity contribution in [2.45, 2.75) is 54.3 Å². The Balaban J connectivity index is 1.65. The lowest BCUT2D eigenvalue weighted by molar-refractivity contribution is 0.360. The van der Waals surface area contributed by atoms with Gasteiger partial charge in [-0.15, -0.1) is 0 Å². The van der Waals surface area contributed by atoms with Crippen molar-refractivity contribution >= 4 is 21.4 Å². The number of fused-ring (bicyclic) bond motifs is 4. The molecule has 2 aromatic rings. The van der Waals surface area contributed by atoms with Crippen molar-refractivity contribution in [3.8, 4) is 0 Å². The van der Waals surface area contributed by atoms with Crippen molar-refractivity contribution in [1.82, 2.24) is 15.5 Å². The summed E-state index contributed by atoms with van der Waals surface area (Å²) in [6.45, 7) is 2.12. The van der Waals surface area contributed by atoms with Crippen LogP contribution in [0.3, 0.4) is 0 Å². The first kappa shape index (κ1) is 16.1. The standard InChI is InChI=1S/C17H20ClN3O2S/c1-10-16-8-13(24(22,23)12-4-2-11(18)3-5-12)6-7-15(20-16)14-9-19-21-17(10)14/h2-5,9-10,13,15-16,20H,6-8H2,1H3,(H,19,21). The minimum absolute atomic E-state index is 0.125. The lowest BCUT2D eigenvalue weighted by Gasteiger charge is -2.33. The molecule has 4 atom stereocenters. The highest BCUT2D eigenvalue weighted by Crippen LogP contribution is 2.40. The third-order valence-corrected chi connectivity index (χ3v) is 7.89. The zero-order valence-corrected chi connectivity index (χ0v) is 14.9. The van der Waals surface area contributed by atoms with Crippen molar-refractivity contribution in [3.63, 3.8) is 0 Å². The quantitative estimate of drug-likeness (QED) is 0.856. The number of sulfone groups is 1. The Bertz CT molecular complexity index is 836. The topological polar surface area (TPSA) is 74.8 Å². The number of rotatable bonds is 2. The van der Waals surface area contributed by atoms with Crippen LogP contribution in [0.5, 0.6) is 0 Å². The number of aromatic amines is 1. The molecule has 4 rings (SSSR count). The summed E-state index contributed by atoms with van der Waals surface area (Å²) >= 11 is 5.89. The van der Waals surface area contributed by atoms with Crippen LogP contribution in [0.4, 0.5) is 0 Å².